The average Bonchev–Trinajstić information content (AvgIpc) is 2.60. The molecule has 0 saturated heterocycles. The molecule has 20 heavy (non-hydrogen) atoms. The number of hydrogen-bond donors (Lipinski definition) is 1. The monoisotopic (exact) mass is 335 g/mol. The van der Waals surface area contributed by atoms with Crippen LogP contribution < -0.4 is 5.32 Å². The lowest BCUT2D eigenvalue weighted by molar-refractivity contribution is 0.102. The quantitative estimate of drug-likeness (QED) is 0.853. The van der Waals surface area contributed by atoms with E-state index in [2.05, 4.69) is 21.2 Å². The van der Waals surface area contributed by atoms with Crippen molar-refractivity contribution < 1.29 is 9.21 Å². The second-order valence-electron chi connectivity index (χ2n) is 5.09. The van der Waals surface area contributed by atoms with Gasteiger partial charge in [-0.3, -0.25) is 4.79 Å². The molecule has 1 amide bonds. The van der Waals surface area contributed by atoms with Gasteiger partial charge in [-0.15, -0.1) is 0 Å². The third kappa shape index (κ3) is 2.66. The fraction of sp³-hybridized carbons (Fsp3) is 0.312. The van der Waals surface area contributed by atoms with Gasteiger partial charge in [-0.25, -0.2) is 0 Å². The van der Waals surface area contributed by atoms with Crippen LogP contribution in [0.4, 0.5) is 5.69 Å². The van der Waals surface area contributed by atoms with Crippen molar-refractivity contribution in [1.29, 1.82) is 0 Å². The molecule has 0 aliphatic carbocycles. The van der Waals surface area contributed by atoms with Crippen molar-refractivity contribution in [2.24, 2.45) is 0 Å². The van der Waals surface area contributed by atoms with Crippen molar-refractivity contribution in [3.8, 4) is 0 Å². The number of aryl methyl sites for hydroxylation is 4. The number of rotatable bonds is 2. The summed E-state index contributed by atoms with van der Waals surface area (Å²) < 4.78 is 6.57. The van der Waals surface area contributed by atoms with Crippen molar-refractivity contribution in [2.75, 3.05) is 5.32 Å². The number of carbonyl (C=O) groups is 1. The molecule has 4 heteroatoms. The molecular formula is C16H18BrNO2. The van der Waals surface area contributed by atoms with Crippen molar-refractivity contribution in [1.82, 2.24) is 0 Å². The fourth-order valence-electron chi connectivity index (χ4n) is 2.34. The molecule has 0 unspecified atom stereocenters. The first kappa shape index (κ1) is 14.9. The molecule has 3 nitrogen and oxygen atoms in total. The van der Waals surface area contributed by atoms with Crippen LogP contribution in [0, 0.1) is 34.6 Å². The zero-order chi connectivity index (χ0) is 15.0. The van der Waals surface area contributed by atoms with Gasteiger partial charge in [0.25, 0.3) is 5.91 Å². The smallest absolute Gasteiger partial charge is 0.259 e. The van der Waals surface area contributed by atoms with E-state index in [0.29, 0.717) is 11.3 Å². The minimum atomic E-state index is -0.127. The second kappa shape index (κ2) is 5.44. The molecule has 2 rings (SSSR count). The molecule has 0 spiro atoms. The summed E-state index contributed by atoms with van der Waals surface area (Å²) >= 11 is 3.52. The molecule has 0 bridgehead atoms. The fourth-order valence-corrected chi connectivity index (χ4v) is 2.57. The van der Waals surface area contributed by atoms with E-state index >= 15 is 0 Å². The van der Waals surface area contributed by atoms with Crippen LogP contribution in [0.1, 0.15) is 38.6 Å². The molecule has 0 radical (unpaired) electrons. The summed E-state index contributed by atoms with van der Waals surface area (Å²) in [4.78, 5) is 12.4. The van der Waals surface area contributed by atoms with E-state index in [-0.39, 0.29) is 5.91 Å². The van der Waals surface area contributed by atoms with Crippen LogP contribution in [0.2, 0.25) is 0 Å². The van der Waals surface area contributed by atoms with Gasteiger partial charge >= 0.3 is 0 Å². The second-order valence-corrected chi connectivity index (χ2v) is 5.89. The Kier molecular flexibility index (Phi) is 4.04. The van der Waals surface area contributed by atoms with E-state index < -0.39 is 0 Å². The minimum absolute atomic E-state index is 0.127. The number of carbonyl (C=O) groups excluding carboxylic acids is 1. The Hall–Kier alpha value is -1.55. The molecule has 106 valence electrons. The molecule has 0 saturated carbocycles. The lowest BCUT2D eigenvalue weighted by atomic mass is 10.1. The van der Waals surface area contributed by atoms with E-state index in [9.17, 15) is 4.79 Å². The SMILES string of the molecule is Cc1cc(NC(=O)c2c(C)oc(C)c2C)cc(C)c1Br. The van der Waals surface area contributed by atoms with E-state index in [1.165, 1.54) is 0 Å². The van der Waals surface area contributed by atoms with Gasteiger partial charge in [-0.05, 0) is 57.9 Å². The largest absolute Gasteiger partial charge is 0.466 e. The highest BCUT2D eigenvalue weighted by atomic mass is 79.9. The first-order valence-corrected chi connectivity index (χ1v) is 7.25. The number of anilines is 1. The van der Waals surface area contributed by atoms with Gasteiger partial charge in [-0.2, -0.15) is 0 Å². The number of halogens is 1. The number of nitrogens with one attached hydrogen (secondary N) is 1. The van der Waals surface area contributed by atoms with Crippen LogP contribution in [0.15, 0.2) is 21.0 Å². The summed E-state index contributed by atoms with van der Waals surface area (Å²) in [6.45, 7) is 9.59. The molecule has 1 aromatic carbocycles. The molecule has 0 aliphatic rings. The Balaban J connectivity index is 2.33. The first-order chi connectivity index (χ1) is 9.31. The molecule has 0 fully saturated rings. The molecule has 0 aliphatic heterocycles. The first-order valence-electron chi connectivity index (χ1n) is 6.46. The van der Waals surface area contributed by atoms with Crippen LogP contribution >= 0.6 is 15.9 Å². The number of furan rings is 1. The van der Waals surface area contributed by atoms with Crippen molar-refractivity contribution in [2.45, 2.75) is 34.6 Å². The van der Waals surface area contributed by atoms with Crippen LogP contribution in [-0.4, -0.2) is 5.91 Å². The lowest BCUT2D eigenvalue weighted by Crippen LogP contribution is -2.13. The predicted molar refractivity (Wildman–Crippen MR) is 84.5 cm³/mol. The van der Waals surface area contributed by atoms with Crippen LogP contribution in [0.25, 0.3) is 0 Å². The summed E-state index contributed by atoms with van der Waals surface area (Å²) in [5, 5.41) is 2.94. The van der Waals surface area contributed by atoms with Gasteiger partial charge < -0.3 is 9.73 Å². The van der Waals surface area contributed by atoms with Gasteiger partial charge in [0.2, 0.25) is 0 Å². The Bertz CT molecular complexity index is 663. The van der Waals surface area contributed by atoms with Gasteiger partial charge in [0.05, 0.1) is 5.56 Å². The summed E-state index contributed by atoms with van der Waals surface area (Å²) in [7, 11) is 0. The zero-order valence-electron chi connectivity index (χ0n) is 12.3. The molecular weight excluding hydrogens is 318 g/mol. The Morgan fingerprint density at radius 1 is 1.05 bits per heavy atom. The van der Waals surface area contributed by atoms with Crippen molar-refractivity contribution >= 4 is 27.5 Å². The van der Waals surface area contributed by atoms with Crippen molar-refractivity contribution in [3.05, 3.63) is 50.4 Å². The Labute approximate surface area is 127 Å². The lowest BCUT2D eigenvalue weighted by Gasteiger charge is -2.10. The zero-order valence-corrected chi connectivity index (χ0v) is 13.9. The topological polar surface area (TPSA) is 42.2 Å². The summed E-state index contributed by atoms with van der Waals surface area (Å²) in [6, 6.07) is 3.90. The average molecular weight is 336 g/mol. The van der Waals surface area contributed by atoms with Crippen LogP contribution in [0.3, 0.4) is 0 Å². The number of hydrogen-bond acceptors (Lipinski definition) is 2. The predicted octanol–water partition coefficient (Wildman–Crippen LogP) is 4.84. The highest BCUT2D eigenvalue weighted by Crippen LogP contribution is 2.26. The Morgan fingerprint density at radius 2 is 1.60 bits per heavy atom. The molecule has 1 heterocycles. The Morgan fingerprint density at radius 3 is 2.05 bits per heavy atom. The van der Waals surface area contributed by atoms with Gasteiger partial charge in [0.15, 0.2) is 0 Å². The van der Waals surface area contributed by atoms with Crippen LogP contribution in [-0.2, 0) is 0 Å². The standard InChI is InChI=1S/C16H18BrNO2/c1-8-6-13(7-9(2)15(8)17)18-16(19)14-10(3)11(4)20-12(14)5/h6-7H,1-5H3,(H,18,19). The van der Waals surface area contributed by atoms with E-state index in [4.69, 9.17) is 4.42 Å². The highest BCUT2D eigenvalue weighted by molar-refractivity contribution is 9.10. The van der Waals surface area contributed by atoms with E-state index in [1.54, 1.807) is 0 Å². The van der Waals surface area contributed by atoms with Gasteiger partial charge in [0, 0.05) is 15.7 Å². The number of amides is 1. The molecule has 2 aromatic rings. The maximum atomic E-state index is 12.4. The normalized spacial score (nSPS) is 10.7. The molecule has 1 N–H and O–H groups in total. The summed E-state index contributed by atoms with van der Waals surface area (Å²) in [6.07, 6.45) is 0. The van der Waals surface area contributed by atoms with E-state index in [1.807, 2.05) is 46.8 Å². The van der Waals surface area contributed by atoms with Gasteiger partial charge in [0.1, 0.15) is 11.5 Å². The third-order valence-corrected chi connectivity index (χ3v) is 4.73. The maximum absolute atomic E-state index is 12.4. The minimum Gasteiger partial charge on any atom is -0.466 e. The maximum Gasteiger partial charge on any atom is 0.259 e. The van der Waals surface area contributed by atoms with Crippen molar-refractivity contribution in [3.63, 3.8) is 0 Å². The highest BCUT2D eigenvalue weighted by Gasteiger charge is 2.18. The molecule has 1 aromatic heterocycles. The summed E-state index contributed by atoms with van der Waals surface area (Å²) in [5.74, 6) is 1.32. The van der Waals surface area contributed by atoms with Gasteiger partial charge in [-0.1, -0.05) is 15.9 Å². The number of benzene rings is 1. The summed E-state index contributed by atoms with van der Waals surface area (Å²) in [5.41, 5.74) is 4.51. The molecule has 0 atom stereocenters. The van der Waals surface area contributed by atoms with E-state index in [0.717, 1.165) is 32.6 Å². The van der Waals surface area contributed by atoms with Crippen LogP contribution in [0.5, 0.6) is 0 Å². The third-order valence-electron chi connectivity index (χ3n) is 3.48.